The molecule has 0 amide bonds. The highest BCUT2D eigenvalue weighted by molar-refractivity contribution is 14.0. The van der Waals surface area contributed by atoms with Gasteiger partial charge >= 0.3 is 0 Å². The Bertz CT molecular complexity index is 588. The van der Waals surface area contributed by atoms with Crippen molar-refractivity contribution >= 4 is 29.9 Å². The molecule has 0 saturated heterocycles. The number of halogens is 1. The lowest BCUT2D eigenvalue weighted by Crippen LogP contribution is -2.37. The Morgan fingerprint density at radius 1 is 1.16 bits per heavy atom. The third kappa shape index (κ3) is 6.76. The molecule has 1 aromatic rings. The monoisotopic (exact) mass is 459 g/mol. The second kappa shape index (κ2) is 12.0. The van der Waals surface area contributed by atoms with Gasteiger partial charge in [-0.15, -0.1) is 24.0 Å². The molecule has 0 unspecified atom stereocenters. The smallest absolute Gasteiger partial charge is 0.191 e. The zero-order valence-corrected chi connectivity index (χ0v) is 17.8. The number of nitrogens with zero attached hydrogens (tertiary/aromatic N) is 1. The lowest BCUT2D eigenvalue weighted by molar-refractivity contribution is 0.351. The molecule has 5 nitrogen and oxygen atoms in total. The number of benzene rings is 1. The topological polar surface area (TPSA) is 54.9 Å². The first-order chi connectivity index (χ1) is 11.8. The molecule has 6 heteroatoms. The fourth-order valence-corrected chi connectivity index (χ4v) is 2.97. The second-order valence-electron chi connectivity index (χ2n) is 5.86. The van der Waals surface area contributed by atoms with Crippen LogP contribution in [-0.2, 0) is 6.54 Å². The van der Waals surface area contributed by atoms with Gasteiger partial charge in [0.15, 0.2) is 17.5 Å². The van der Waals surface area contributed by atoms with Crippen LogP contribution in [-0.4, -0.2) is 33.8 Å². The summed E-state index contributed by atoms with van der Waals surface area (Å²) < 4.78 is 10.8. The first-order valence-corrected chi connectivity index (χ1v) is 8.60. The molecule has 0 aliphatic heterocycles. The van der Waals surface area contributed by atoms with E-state index in [2.05, 4.69) is 21.7 Å². The number of aliphatic imine (C=N–C) groups is 1. The van der Waals surface area contributed by atoms with Crippen molar-refractivity contribution in [2.45, 2.75) is 38.6 Å². The van der Waals surface area contributed by atoms with E-state index in [0.717, 1.165) is 36.0 Å². The number of ether oxygens (including phenoxy) is 2. The average Bonchev–Trinajstić information content (AvgIpc) is 2.64. The van der Waals surface area contributed by atoms with Gasteiger partial charge in [0.1, 0.15) is 0 Å². The van der Waals surface area contributed by atoms with Crippen molar-refractivity contribution in [3.05, 3.63) is 35.4 Å². The second-order valence-corrected chi connectivity index (χ2v) is 5.86. The van der Waals surface area contributed by atoms with Crippen LogP contribution in [0, 0.1) is 0 Å². The van der Waals surface area contributed by atoms with E-state index in [-0.39, 0.29) is 24.0 Å². The maximum absolute atomic E-state index is 5.46. The zero-order chi connectivity index (χ0) is 17.2. The van der Waals surface area contributed by atoms with Crippen molar-refractivity contribution in [1.82, 2.24) is 10.6 Å². The predicted molar refractivity (Wildman–Crippen MR) is 114 cm³/mol. The minimum atomic E-state index is 0. The highest BCUT2D eigenvalue weighted by Gasteiger charge is 2.10. The van der Waals surface area contributed by atoms with Crippen molar-refractivity contribution in [1.29, 1.82) is 0 Å². The van der Waals surface area contributed by atoms with E-state index in [9.17, 15) is 0 Å². The van der Waals surface area contributed by atoms with Crippen molar-refractivity contribution in [3.63, 3.8) is 0 Å². The number of methoxy groups -OCH3 is 2. The highest BCUT2D eigenvalue weighted by atomic mass is 127. The summed E-state index contributed by atoms with van der Waals surface area (Å²) in [7, 11) is 5.10. The molecule has 1 aromatic carbocycles. The Morgan fingerprint density at radius 2 is 2.00 bits per heavy atom. The van der Waals surface area contributed by atoms with E-state index in [1.54, 1.807) is 26.8 Å². The summed E-state index contributed by atoms with van der Waals surface area (Å²) in [5.74, 6) is 2.30. The van der Waals surface area contributed by atoms with Crippen molar-refractivity contribution in [3.8, 4) is 11.5 Å². The molecule has 0 atom stereocenters. The van der Waals surface area contributed by atoms with Crippen LogP contribution in [0.15, 0.2) is 34.8 Å². The van der Waals surface area contributed by atoms with Crippen LogP contribution in [0.2, 0.25) is 0 Å². The molecule has 0 radical (unpaired) electrons. The number of guanidine groups is 1. The Labute approximate surface area is 168 Å². The molecule has 2 rings (SSSR count). The van der Waals surface area contributed by atoms with Crippen LogP contribution in [0.3, 0.4) is 0 Å². The SMILES string of the molecule is CN=C(NCCC1=CCCCC1)NCc1cccc(OC)c1OC.I. The largest absolute Gasteiger partial charge is 0.493 e. The number of hydrogen-bond donors (Lipinski definition) is 2. The number of hydrogen-bond acceptors (Lipinski definition) is 3. The molecule has 1 aliphatic rings. The molecule has 1 aliphatic carbocycles. The number of para-hydroxylation sites is 1. The quantitative estimate of drug-likeness (QED) is 0.281. The van der Waals surface area contributed by atoms with Gasteiger partial charge in [0.25, 0.3) is 0 Å². The summed E-state index contributed by atoms with van der Waals surface area (Å²) in [4.78, 5) is 4.29. The minimum Gasteiger partial charge on any atom is -0.493 e. The summed E-state index contributed by atoms with van der Waals surface area (Å²) in [6.45, 7) is 1.53. The van der Waals surface area contributed by atoms with Crippen LogP contribution in [0.5, 0.6) is 11.5 Å². The van der Waals surface area contributed by atoms with Gasteiger partial charge in [-0.2, -0.15) is 0 Å². The van der Waals surface area contributed by atoms with Gasteiger partial charge in [0, 0.05) is 25.7 Å². The lowest BCUT2D eigenvalue weighted by atomic mass is 9.97. The fourth-order valence-electron chi connectivity index (χ4n) is 2.97. The summed E-state index contributed by atoms with van der Waals surface area (Å²) in [6.07, 6.45) is 8.62. The van der Waals surface area contributed by atoms with E-state index >= 15 is 0 Å². The Morgan fingerprint density at radius 3 is 2.64 bits per heavy atom. The number of allylic oxidation sites excluding steroid dienone is 1. The van der Waals surface area contributed by atoms with Gasteiger partial charge in [0.05, 0.1) is 14.2 Å². The minimum absolute atomic E-state index is 0. The lowest BCUT2D eigenvalue weighted by Gasteiger charge is -2.16. The Hall–Kier alpha value is -1.44. The van der Waals surface area contributed by atoms with E-state index in [0.29, 0.717) is 6.54 Å². The molecule has 0 heterocycles. The summed E-state index contributed by atoms with van der Waals surface area (Å²) in [5.41, 5.74) is 2.61. The third-order valence-corrected chi connectivity index (χ3v) is 4.28. The summed E-state index contributed by atoms with van der Waals surface area (Å²) in [6, 6.07) is 5.88. The van der Waals surface area contributed by atoms with Gasteiger partial charge in [-0.25, -0.2) is 0 Å². The molecule has 0 aromatic heterocycles. The van der Waals surface area contributed by atoms with E-state index in [1.807, 2.05) is 18.2 Å². The standard InChI is InChI=1S/C19H29N3O2.HI/c1-20-19(21-13-12-15-8-5-4-6-9-15)22-14-16-10-7-11-17(23-2)18(16)24-3;/h7-8,10-11H,4-6,9,12-14H2,1-3H3,(H2,20,21,22);1H. The molecular weight excluding hydrogens is 429 g/mol. The molecule has 2 N–H and O–H groups in total. The molecule has 0 bridgehead atoms. The van der Waals surface area contributed by atoms with E-state index in [4.69, 9.17) is 9.47 Å². The van der Waals surface area contributed by atoms with E-state index in [1.165, 1.54) is 25.7 Å². The summed E-state index contributed by atoms with van der Waals surface area (Å²) >= 11 is 0. The zero-order valence-electron chi connectivity index (χ0n) is 15.4. The molecule has 0 fully saturated rings. The first-order valence-electron chi connectivity index (χ1n) is 8.60. The number of rotatable bonds is 7. The van der Waals surface area contributed by atoms with Crippen molar-refractivity contribution in [2.24, 2.45) is 4.99 Å². The van der Waals surface area contributed by atoms with Gasteiger partial charge in [-0.05, 0) is 38.2 Å². The molecule has 25 heavy (non-hydrogen) atoms. The van der Waals surface area contributed by atoms with Gasteiger partial charge < -0.3 is 20.1 Å². The molecule has 140 valence electrons. The average molecular weight is 459 g/mol. The van der Waals surface area contributed by atoms with Crippen LogP contribution in [0.1, 0.15) is 37.7 Å². The van der Waals surface area contributed by atoms with Crippen LogP contribution < -0.4 is 20.1 Å². The van der Waals surface area contributed by atoms with E-state index < -0.39 is 0 Å². The normalized spacial score (nSPS) is 14.2. The Kier molecular flexibility index (Phi) is 10.4. The van der Waals surface area contributed by atoms with Gasteiger partial charge in [0.2, 0.25) is 0 Å². The first kappa shape index (κ1) is 21.6. The number of nitrogens with one attached hydrogen (secondary N) is 2. The molecule has 0 spiro atoms. The van der Waals surface area contributed by atoms with Gasteiger partial charge in [-0.3, -0.25) is 4.99 Å². The van der Waals surface area contributed by atoms with Crippen molar-refractivity contribution < 1.29 is 9.47 Å². The fraction of sp³-hybridized carbons (Fsp3) is 0.526. The Balaban J connectivity index is 0.00000312. The van der Waals surface area contributed by atoms with Crippen LogP contribution >= 0.6 is 24.0 Å². The van der Waals surface area contributed by atoms with Crippen LogP contribution in [0.4, 0.5) is 0 Å². The maximum Gasteiger partial charge on any atom is 0.191 e. The highest BCUT2D eigenvalue weighted by Crippen LogP contribution is 2.30. The molecule has 0 saturated carbocycles. The maximum atomic E-state index is 5.46. The molecular formula is C19H30IN3O2. The third-order valence-electron chi connectivity index (χ3n) is 4.28. The van der Waals surface area contributed by atoms with Gasteiger partial charge in [-0.1, -0.05) is 23.8 Å². The summed E-state index contributed by atoms with van der Waals surface area (Å²) in [5, 5.41) is 6.71. The predicted octanol–water partition coefficient (Wildman–Crippen LogP) is 3.88. The van der Waals surface area contributed by atoms with Crippen molar-refractivity contribution in [2.75, 3.05) is 27.8 Å². The van der Waals surface area contributed by atoms with Crippen LogP contribution in [0.25, 0.3) is 0 Å².